The molecule has 2 aliphatic heterocycles. The zero-order chi connectivity index (χ0) is 16.2. The molecule has 2 aliphatic rings. The predicted octanol–water partition coefficient (Wildman–Crippen LogP) is 2.29. The van der Waals surface area contributed by atoms with Gasteiger partial charge in [0.15, 0.2) is 11.5 Å². The molecule has 0 amide bonds. The summed E-state index contributed by atoms with van der Waals surface area (Å²) in [6.45, 7) is 13.4. The highest BCUT2D eigenvalue weighted by molar-refractivity contribution is 5.84. The molecule has 23 heavy (non-hydrogen) atoms. The summed E-state index contributed by atoms with van der Waals surface area (Å²) in [5.74, 6) is 2.31. The number of aliphatic imine (C=N–C) groups is 2. The van der Waals surface area contributed by atoms with Gasteiger partial charge in [0.25, 0.3) is 0 Å². The number of benzene rings is 1. The summed E-state index contributed by atoms with van der Waals surface area (Å²) in [5, 5.41) is 0. The van der Waals surface area contributed by atoms with Crippen molar-refractivity contribution in [2.75, 3.05) is 33.0 Å². The lowest BCUT2D eigenvalue weighted by atomic mass is 10.1. The van der Waals surface area contributed by atoms with Crippen LogP contribution in [-0.2, 0) is 0 Å². The Morgan fingerprint density at radius 3 is 2.65 bits per heavy atom. The molecule has 1 aromatic rings. The molecule has 0 aromatic heterocycles. The van der Waals surface area contributed by atoms with E-state index in [2.05, 4.69) is 52.1 Å². The Morgan fingerprint density at radius 2 is 1.96 bits per heavy atom. The van der Waals surface area contributed by atoms with Gasteiger partial charge in [-0.05, 0) is 31.3 Å². The van der Waals surface area contributed by atoms with Gasteiger partial charge in [0.2, 0.25) is 12.8 Å². The Morgan fingerprint density at radius 1 is 1.22 bits per heavy atom. The summed E-state index contributed by atoms with van der Waals surface area (Å²) < 4.78 is 10.8. The van der Waals surface area contributed by atoms with Gasteiger partial charge in [-0.2, -0.15) is 0 Å². The largest absolute Gasteiger partial charge is 0.454 e. The first-order chi connectivity index (χ1) is 11.2. The van der Waals surface area contributed by atoms with E-state index < -0.39 is 0 Å². The Labute approximate surface area is 136 Å². The van der Waals surface area contributed by atoms with E-state index in [1.807, 2.05) is 6.07 Å². The number of nitrogens with zero attached hydrogens (tertiary/aromatic N) is 4. The lowest BCUT2D eigenvalue weighted by Gasteiger charge is -2.38. The Bertz CT molecular complexity index is 621. The van der Waals surface area contributed by atoms with Crippen LogP contribution in [0.3, 0.4) is 0 Å². The van der Waals surface area contributed by atoms with E-state index in [0.717, 1.165) is 37.7 Å². The minimum absolute atomic E-state index is 0.311. The van der Waals surface area contributed by atoms with Gasteiger partial charge in [-0.15, -0.1) is 0 Å². The van der Waals surface area contributed by atoms with Gasteiger partial charge in [0.1, 0.15) is 0 Å². The van der Waals surface area contributed by atoms with Crippen LogP contribution < -0.4 is 9.47 Å². The second-order valence-electron chi connectivity index (χ2n) is 5.58. The number of hydrogen-bond acceptors (Lipinski definition) is 4. The van der Waals surface area contributed by atoms with Crippen LogP contribution in [0.2, 0.25) is 0 Å². The molecule has 122 valence electrons. The molecule has 1 atom stereocenters. The average Bonchev–Trinajstić information content (AvgIpc) is 3.07. The Kier molecular flexibility index (Phi) is 4.62. The molecule has 0 saturated carbocycles. The quantitative estimate of drug-likeness (QED) is 0.634. The van der Waals surface area contributed by atoms with Crippen molar-refractivity contribution in [2.45, 2.75) is 13.0 Å². The molecule has 6 nitrogen and oxygen atoms in total. The number of rotatable bonds is 3. The summed E-state index contributed by atoms with van der Waals surface area (Å²) in [5.41, 5.74) is 1.24. The van der Waals surface area contributed by atoms with Crippen LogP contribution in [0.25, 0.3) is 0 Å². The number of guanidine groups is 1. The Hall–Kier alpha value is -2.34. The van der Waals surface area contributed by atoms with Crippen molar-refractivity contribution in [1.82, 2.24) is 9.80 Å². The monoisotopic (exact) mass is 314 g/mol. The lowest BCUT2D eigenvalue weighted by molar-refractivity contribution is 0.140. The number of hydrogen-bond donors (Lipinski definition) is 0. The fourth-order valence-electron chi connectivity index (χ4n) is 3.00. The van der Waals surface area contributed by atoms with Crippen LogP contribution in [-0.4, -0.2) is 55.4 Å². The summed E-state index contributed by atoms with van der Waals surface area (Å²) in [6, 6.07) is 6.50. The zero-order valence-electron chi connectivity index (χ0n) is 13.4. The molecule has 3 rings (SSSR count). The third-order valence-electron chi connectivity index (χ3n) is 4.37. The van der Waals surface area contributed by atoms with Gasteiger partial charge in [0, 0.05) is 38.4 Å². The highest BCUT2D eigenvalue weighted by Crippen LogP contribution is 2.35. The van der Waals surface area contributed by atoms with Crippen molar-refractivity contribution in [3.05, 3.63) is 36.5 Å². The van der Waals surface area contributed by atoms with Crippen LogP contribution in [0.1, 0.15) is 18.5 Å². The molecule has 0 spiro atoms. The van der Waals surface area contributed by atoms with Crippen LogP contribution in [0.4, 0.5) is 0 Å². The van der Waals surface area contributed by atoms with E-state index in [9.17, 15) is 0 Å². The third kappa shape index (κ3) is 3.22. The van der Waals surface area contributed by atoms with E-state index in [1.165, 1.54) is 11.8 Å². The number of piperazine rings is 1. The minimum Gasteiger partial charge on any atom is -0.454 e. The topological polar surface area (TPSA) is 49.7 Å². The molecular weight excluding hydrogens is 292 g/mol. The third-order valence-corrected chi connectivity index (χ3v) is 4.37. The highest BCUT2D eigenvalue weighted by Gasteiger charge is 2.24. The van der Waals surface area contributed by atoms with Crippen LogP contribution in [0, 0.1) is 0 Å². The summed E-state index contributed by atoms with van der Waals surface area (Å²) >= 11 is 0. The molecule has 0 bridgehead atoms. The van der Waals surface area contributed by atoms with Gasteiger partial charge in [-0.1, -0.05) is 12.6 Å². The summed E-state index contributed by atoms with van der Waals surface area (Å²) in [7, 11) is 0. The molecule has 1 aromatic carbocycles. The zero-order valence-corrected chi connectivity index (χ0v) is 13.4. The first-order valence-corrected chi connectivity index (χ1v) is 7.77. The molecule has 1 fully saturated rings. The first kappa shape index (κ1) is 15.6. The smallest absolute Gasteiger partial charge is 0.231 e. The van der Waals surface area contributed by atoms with E-state index in [-0.39, 0.29) is 0 Å². The van der Waals surface area contributed by atoms with E-state index in [4.69, 9.17) is 9.47 Å². The van der Waals surface area contributed by atoms with Crippen LogP contribution in [0.15, 0.2) is 41.0 Å². The van der Waals surface area contributed by atoms with Gasteiger partial charge in [-0.25, -0.2) is 9.98 Å². The first-order valence-electron chi connectivity index (χ1n) is 7.77. The van der Waals surface area contributed by atoms with Crippen LogP contribution >= 0.6 is 0 Å². The standard InChI is InChI=1S/C17H22N4O2/c1-4-19-17(18-3)21-9-7-20(8-10-21)13(2)14-5-6-15-16(11-14)23-12-22-15/h4-6,11,13H,1,3,7-10,12H2,2H3. The maximum Gasteiger partial charge on any atom is 0.231 e. The van der Waals surface area contributed by atoms with E-state index in [1.54, 1.807) is 0 Å². The number of fused-ring (bicyclic) bond motifs is 1. The average molecular weight is 314 g/mol. The van der Waals surface area contributed by atoms with Crippen molar-refractivity contribution in [3.63, 3.8) is 0 Å². The second-order valence-corrected chi connectivity index (χ2v) is 5.58. The van der Waals surface area contributed by atoms with Gasteiger partial charge in [-0.3, -0.25) is 4.90 Å². The lowest BCUT2D eigenvalue weighted by Crippen LogP contribution is -2.48. The second kappa shape index (κ2) is 6.83. The van der Waals surface area contributed by atoms with Crippen molar-refractivity contribution in [3.8, 4) is 11.5 Å². The summed E-state index contributed by atoms with van der Waals surface area (Å²) in [4.78, 5) is 12.7. The molecule has 0 radical (unpaired) electrons. The predicted molar refractivity (Wildman–Crippen MR) is 91.3 cm³/mol. The minimum atomic E-state index is 0.311. The van der Waals surface area contributed by atoms with Gasteiger partial charge in [0.05, 0.1) is 0 Å². The van der Waals surface area contributed by atoms with Crippen molar-refractivity contribution >= 4 is 12.7 Å². The van der Waals surface area contributed by atoms with E-state index in [0.29, 0.717) is 18.8 Å². The fraction of sp³-hybridized carbons (Fsp3) is 0.412. The highest BCUT2D eigenvalue weighted by atomic mass is 16.7. The molecule has 6 heteroatoms. The van der Waals surface area contributed by atoms with Gasteiger partial charge >= 0.3 is 0 Å². The molecule has 0 N–H and O–H groups in total. The number of ether oxygens (including phenoxy) is 2. The van der Waals surface area contributed by atoms with E-state index >= 15 is 0 Å². The normalized spacial score (nSPS) is 19.5. The van der Waals surface area contributed by atoms with Crippen LogP contribution in [0.5, 0.6) is 11.5 Å². The molecule has 0 aliphatic carbocycles. The maximum atomic E-state index is 5.47. The SMILES string of the molecule is C=CN=C(N=C)N1CCN(C(C)c2ccc3c(c2)OCO3)CC1. The molecule has 1 saturated heterocycles. The van der Waals surface area contributed by atoms with Gasteiger partial charge < -0.3 is 14.4 Å². The van der Waals surface area contributed by atoms with Crippen molar-refractivity contribution < 1.29 is 9.47 Å². The summed E-state index contributed by atoms with van der Waals surface area (Å²) in [6.07, 6.45) is 1.51. The molecule has 2 heterocycles. The van der Waals surface area contributed by atoms with Crippen molar-refractivity contribution in [2.24, 2.45) is 9.98 Å². The van der Waals surface area contributed by atoms with Crippen molar-refractivity contribution in [1.29, 1.82) is 0 Å². The maximum absolute atomic E-state index is 5.47. The Balaban J connectivity index is 1.64. The molecular formula is C17H22N4O2. The fourth-order valence-corrected chi connectivity index (χ4v) is 3.00. The molecule has 1 unspecified atom stereocenters.